The smallest absolute Gasteiger partial charge is 0.329 e. The Hall–Kier alpha value is -3.59. The van der Waals surface area contributed by atoms with Crippen LogP contribution in [0.3, 0.4) is 0 Å². The van der Waals surface area contributed by atoms with Gasteiger partial charge in [0.15, 0.2) is 11.5 Å². The van der Waals surface area contributed by atoms with Crippen molar-refractivity contribution in [2.75, 3.05) is 6.54 Å². The minimum atomic E-state index is -1.50. The number of carbonyl (C=O) groups excluding carboxylic acids is 3. The molecule has 1 aliphatic heterocycles. The number of benzene rings is 2. The molecule has 5 rings (SSSR count). The van der Waals surface area contributed by atoms with Gasteiger partial charge >= 0.3 is 5.97 Å². The van der Waals surface area contributed by atoms with Crippen molar-refractivity contribution in [1.29, 1.82) is 0 Å². The second-order valence-corrected chi connectivity index (χ2v) is 13.0. The number of fused-ring (bicyclic) bond motifs is 2. The van der Waals surface area contributed by atoms with E-state index in [2.05, 4.69) is 26.1 Å². The average Bonchev–Trinajstić information content (AvgIpc) is 3.58. The van der Waals surface area contributed by atoms with Crippen LogP contribution in [-0.4, -0.2) is 68.8 Å². The summed E-state index contributed by atoms with van der Waals surface area (Å²) in [4.78, 5) is 42.1. The van der Waals surface area contributed by atoms with Gasteiger partial charge in [-0.1, -0.05) is 57.2 Å². The first-order valence-electron chi connectivity index (χ1n) is 14.9. The molecule has 0 spiro atoms. The van der Waals surface area contributed by atoms with Crippen molar-refractivity contribution in [3.05, 3.63) is 59.7 Å². The number of phenols is 2. The summed E-state index contributed by atoms with van der Waals surface area (Å²) in [5.41, 5.74) is 1.27. The van der Waals surface area contributed by atoms with Crippen molar-refractivity contribution in [3.8, 4) is 11.5 Å². The highest BCUT2D eigenvalue weighted by Gasteiger charge is 2.63. The number of aliphatic hydroxyl groups is 1. The molecule has 2 aromatic carbocycles. The van der Waals surface area contributed by atoms with Gasteiger partial charge in [-0.25, -0.2) is 4.79 Å². The number of amides is 2. The first-order chi connectivity index (χ1) is 19.9. The van der Waals surface area contributed by atoms with E-state index in [0.29, 0.717) is 30.9 Å². The zero-order valence-electron chi connectivity index (χ0n) is 24.6. The lowest BCUT2D eigenvalue weighted by Crippen LogP contribution is -2.55. The Morgan fingerprint density at radius 3 is 2.38 bits per heavy atom. The third kappa shape index (κ3) is 5.59. The minimum Gasteiger partial charge on any atom is -0.504 e. The van der Waals surface area contributed by atoms with Crippen LogP contribution in [0.15, 0.2) is 48.5 Å². The van der Waals surface area contributed by atoms with Gasteiger partial charge in [-0.15, -0.1) is 0 Å². The molecule has 3 fully saturated rings. The molecule has 2 aliphatic carbocycles. The van der Waals surface area contributed by atoms with Crippen molar-refractivity contribution in [1.82, 2.24) is 10.2 Å². The quantitative estimate of drug-likeness (QED) is 0.264. The van der Waals surface area contributed by atoms with Crippen molar-refractivity contribution in [2.24, 2.45) is 16.7 Å². The molecule has 2 amide bonds. The fourth-order valence-corrected chi connectivity index (χ4v) is 7.33. The van der Waals surface area contributed by atoms with E-state index in [1.54, 1.807) is 0 Å². The molecule has 2 saturated carbocycles. The van der Waals surface area contributed by atoms with Crippen LogP contribution >= 0.6 is 0 Å². The fraction of sp³-hybridized carbons (Fsp3) is 0.545. The van der Waals surface area contributed by atoms with E-state index in [-0.39, 0.29) is 53.2 Å². The van der Waals surface area contributed by atoms with Crippen molar-refractivity contribution in [3.63, 3.8) is 0 Å². The summed E-state index contributed by atoms with van der Waals surface area (Å²) in [5.74, 6) is -1.65. The number of hydrogen-bond donors (Lipinski definition) is 4. The van der Waals surface area contributed by atoms with E-state index >= 15 is 0 Å². The summed E-state index contributed by atoms with van der Waals surface area (Å²) in [6.07, 6.45) is 2.56. The summed E-state index contributed by atoms with van der Waals surface area (Å²) in [6, 6.07) is 11.6. The molecule has 2 aromatic rings. The van der Waals surface area contributed by atoms with E-state index in [1.165, 1.54) is 23.1 Å². The number of esters is 1. The number of ether oxygens (including phenoxy) is 1. The number of nitrogens with zero attached hydrogens (tertiary/aromatic N) is 1. The zero-order valence-corrected chi connectivity index (χ0v) is 24.6. The molecule has 6 atom stereocenters. The molecule has 2 bridgehead atoms. The maximum Gasteiger partial charge on any atom is 0.329 e. The highest BCUT2D eigenvalue weighted by molar-refractivity contribution is 5.92. The predicted molar refractivity (Wildman–Crippen MR) is 155 cm³/mol. The first-order valence-corrected chi connectivity index (χ1v) is 14.9. The molecular formula is C33H42N2O7. The van der Waals surface area contributed by atoms with Gasteiger partial charge in [0.2, 0.25) is 11.8 Å². The predicted octanol–water partition coefficient (Wildman–Crippen LogP) is 3.48. The molecule has 0 radical (unpaired) electrons. The number of rotatable bonds is 9. The Balaban J connectivity index is 1.29. The van der Waals surface area contributed by atoms with Gasteiger partial charge in [-0.2, -0.15) is 0 Å². The molecule has 42 heavy (non-hydrogen) atoms. The third-order valence-electron chi connectivity index (χ3n) is 10.4. The molecule has 3 aliphatic rings. The van der Waals surface area contributed by atoms with Gasteiger partial charge in [0.05, 0.1) is 0 Å². The van der Waals surface area contributed by atoms with Crippen LogP contribution in [0.4, 0.5) is 0 Å². The molecule has 5 unspecified atom stereocenters. The number of carbonyl (C=O) groups is 3. The van der Waals surface area contributed by atoms with Crippen LogP contribution in [0.1, 0.15) is 64.0 Å². The Bertz CT molecular complexity index is 1330. The molecule has 9 nitrogen and oxygen atoms in total. The largest absolute Gasteiger partial charge is 0.504 e. The number of aromatic hydroxyl groups is 2. The number of likely N-dealkylation sites (tertiary alicyclic amines) is 1. The van der Waals surface area contributed by atoms with Gasteiger partial charge in [0.25, 0.3) is 0 Å². The van der Waals surface area contributed by atoms with Crippen molar-refractivity contribution in [2.45, 2.75) is 90.0 Å². The number of nitrogens with one attached hydrogen (secondary N) is 1. The van der Waals surface area contributed by atoms with E-state index in [0.717, 1.165) is 24.8 Å². The van der Waals surface area contributed by atoms with Crippen molar-refractivity contribution >= 4 is 17.8 Å². The molecule has 226 valence electrons. The summed E-state index contributed by atoms with van der Waals surface area (Å²) in [7, 11) is 0. The molecule has 4 N–H and O–H groups in total. The molecule has 9 heteroatoms. The summed E-state index contributed by atoms with van der Waals surface area (Å²) in [5, 5.41) is 32.7. The third-order valence-corrected chi connectivity index (χ3v) is 10.4. The SMILES string of the molecule is CC1(C)C2CCC1(C)[C@@H](OC(=O)C1CCCN1C(=O)C(Cc1ccccc1)NC(=O)C(O)Cc1ccc(O)c(O)c1)C2. The van der Waals surface area contributed by atoms with Gasteiger partial charge in [-0.3, -0.25) is 9.59 Å². The van der Waals surface area contributed by atoms with Gasteiger partial charge in [-0.05, 0) is 66.7 Å². The van der Waals surface area contributed by atoms with E-state index in [4.69, 9.17) is 4.74 Å². The standard InChI is InChI=1S/C33H42N2O7/c1-32(2)22-13-14-33(32,3)28(19-22)42-31(41)24-10-7-15-35(24)30(40)23(16-20-8-5-4-6-9-20)34-29(39)27(38)18-21-11-12-25(36)26(37)17-21/h4-6,8-9,11-12,17,22-24,27-28,36-38H,7,10,13-16,18-19H2,1-3H3,(H,34,39)/t22?,23?,24?,27?,28-,33?/m0/s1. The lowest BCUT2D eigenvalue weighted by Gasteiger charge is -2.39. The first kappa shape index (κ1) is 29.9. The zero-order chi connectivity index (χ0) is 30.2. The van der Waals surface area contributed by atoms with Gasteiger partial charge in [0.1, 0.15) is 24.3 Å². The Morgan fingerprint density at radius 2 is 1.74 bits per heavy atom. The van der Waals surface area contributed by atoms with E-state index in [9.17, 15) is 29.7 Å². The maximum absolute atomic E-state index is 14.0. The highest BCUT2D eigenvalue weighted by atomic mass is 16.5. The van der Waals surface area contributed by atoms with Crippen LogP contribution in [0.2, 0.25) is 0 Å². The molecular weight excluding hydrogens is 536 g/mol. The lowest BCUT2D eigenvalue weighted by atomic mass is 9.70. The second kappa shape index (κ2) is 11.6. The normalized spacial score (nSPS) is 27.4. The van der Waals surface area contributed by atoms with Crippen LogP contribution in [0, 0.1) is 16.7 Å². The number of phenolic OH excluding ortho intramolecular Hbond substituents is 2. The number of aliphatic hydroxyl groups excluding tert-OH is 1. The highest BCUT2D eigenvalue weighted by Crippen LogP contribution is 2.66. The van der Waals surface area contributed by atoms with Crippen LogP contribution in [0.25, 0.3) is 0 Å². The minimum absolute atomic E-state index is 0.0883. The summed E-state index contributed by atoms with van der Waals surface area (Å²) < 4.78 is 6.15. The number of hydrogen-bond acceptors (Lipinski definition) is 7. The van der Waals surface area contributed by atoms with Gasteiger partial charge in [0, 0.05) is 24.8 Å². The average molecular weight is 579 g/mol. The van der Waals surface area contributed by atoms with Crippen molar-refractivity contribution < 1.29 is 34.4 Å². The van der Waals surface area contributed by atoms with E-state index in [1.807, 2.05) is 30.3 Å². The maximum atomic E-state index is 14.0. The lowest BCUT2D eigenvalue weighted by molar-refractivity contribution is -0.165. The molecule has 1 saturated heterocycles. The fourth-order valence-electron chi connectivity index (χ4n) is 7.33. The van der Waals surface area contributed by atoms with Crippen LogP contribution in [0.5, 0.6) is 11.5 Å². The summed E-state index contributed by atoms with van der Waals surface area (Å²) in [6.45, 7) is 7.12. The second-order valence-electron chi connectivity index (χ2n) is 13.0. The van der Waals surface area contributed by atoms with Crippen LogP contribution < -0.4 is 5.32 Å². The topological polar surface area (TPSA) is 136 Å². The van der Waals surface area contributed by atoms with Crippen LogP contribution in [-0.2, 0) is 32.0 Å². The Morgan fingerprint density at radius 1 is 1.00 bits per heavy atom. The molecule has 1 heterocycles. The monoisotopic (exact) mass is 578 g/mol. The Kier molecular flexibility index (Phi) is 8.25. The van der Waals surface area contributed by atoms with Gasteiger partial charge < -0.3 is 30.3 Å². The summed E-state index contributed by atoms with van der Waals surface area (Å²) >= 11 is 0. The van der Waals surface area contributed by atoms with E-state index < -0.39 is 24.1 Å². The molecule has 0 aromatic heterocycles. The Labute approximate surface area is 246 Å².